The summed E-state index contributed by atoms with van der Waals surface area (Å²) in [4.78, 5) is 22.5. The van der Waals surface area contributed by atoms with Gasteiger partial charge in [0.25, 0.3) is 5.56 Å². The number of rotatable bonds is 0. The van der Waals surface area contributed by atoms with Gasteiger partial charge in [-0.2, -0.15) is 5.10 Å². The largest absolute Gasteiger partial charge is 0.753 e. The molecule has 1 aromatic heterocycles. The number of nitrogens with one attached hydrogen (secondary N) is 2. The molecule has 0 saturated heterocycles. The average molecular weight is 144 g/mol. The van der Waals surface area contributed by atoms with Gasteiger partial charge in [0.1, 0.15) is 0 Å². The smallest absolute Gasteiger partial charge is 0.342 e. The lowest BCUT2D eigenvalue weighted by atomic mass is 10.8. The minimum absolute atomic E-state index is 0.158. The summed E-state index contributed by atoms with van der Waals surface area (Å²) in [6.45, 7) is 0. The molecule has 0 fully saturated rings. The van der Waals surface area contributed by atoms with Crippen molar-refractivity contribution in [3.63, 3.8) is 0 Å². The Balaban J connectivity index is 3.52. The van der Waals surface area contributed by atoms with Crippen molar-refractivity contribution in [3.05, 3.63) is 20.8 Å². The Kier molecular flexibility index (Phi) is 1.31. The highest BCUT2D eigenvalue weighted by atomic mass is 32.1. The lowest BCUT2D eigenvalue weighted by Crippen LogP contribution is -2.25. The van der Waals surface area contributed by atoms with E-state index in [9.17, 15) is 9.59 Å². The molecule has 0 unspecified atom stereocenters. The molecular weight excluding hydrogens is 142 g/mol. The fraction of sp³-hybridized carbons (Fsp3) is 0. The summed E-state index contributed by atoms with van der Waals surface area (Å²) in [5.74, 6) is 0. The van der Waals surface area contributed by atoms with Gasteiger partial charge in [0.2, 0.25) is 0 Å². The SMILES string of the molecule is O=c1[nH]nc([S-])c(=O)[nH]1. The summed E-state index contributed by atoms with van der Waals surface area (Å²) in [7, 11) is 0. The summed E-state index contributed by atoms with van der Waals surface area (Å²) in [5.41, 5.74) is -1.28. The monoisotopic (exact) mass is 144 g/mol. The first-order chi connectivity index (χ1) is 4.20. The molecule has 48 valence electrons. The first-order valence-corrected chi connectivity index (χ1v) is 2.47. The molecule has 0 bridgehead atoms. The van der Waals surface area contributed by atoms with Crippen molar-refractivity contribution in [1.82, 2.24) is 15.2 Å². The van der Waals surface area contributed by atoms with Crippen molar-refractivity contribution < 1.29 is 0 Å². The van der Waals surface area contributed by atoms with E-state index in [4.69, 9.17) is 0 Å². The van der Waals surface area contributed by atoms with Crippen LogP contribution in [0.25, 0.3) is 0 Å². The lowest BCUT2D eigenvalue weighted by Gasteiger charge is -1.95. The topological polar surface area (TPSA) is 78.6 Å². The van der Waals surface area contributed by atoms with E-state index in [1.807, 2.05) is 10.1 Å². The van der Waals surface area contributed by atoms with Crippen molar-refractivity contribution in [2.75, 3.05) is 0 Å². The highest BCUT2D eigenvalue weighted by molar-refractivity contribution is 7.58. The molecule has 0 radical (unpaired) electrons. The molecule has 0 spiro atoms. The summed E-state index contributed by atoms with van der Waals surface area (Å²) < 4.78 is 0. The Bertz CT molecular complexity index is 313. The predicted molar refractivity (Wildman–Crippen MR) is 31.1 cm³/mol. The van der Waals surface area contributed by atoms with Gasteiger partial charge in [0.15, 0.2) is 0 Å². The Morgan fingerprint density at radius 3 is 2.56 bits per heavy atom. The van der Waals surface area contributed by atoms with E-state index in [1.165, 1.54) is 0 Å². The maximum absolute atomic E-state index is 10.4. The minimum Gasteiger partial charge on any atom is -0.753 e. The quantitative estimate of drug-likeness (QED) is 0.428. The van der Waals surface area contributed by atoms with Crippen LogP contribution < -0.4 is 11.2 Å². The zero-order valence-corrected chi connectivity index (χ0v) is 4.99. The highest BCUT2D eigenvalue weighted by Gasteiger charge is 1.83. The number of aromatic nitrogens is 3. The predicted octanol–water partition coefficient (Wildman–Crippen LogP) is -1.64. The van der Waals surface area contributed by atoms with Crippen LogP contribution in [0.1, 0.15) is 0 Å². The zero-order chi connectivity index (χ0) is 6.85. The maximum Gasteiger partial charge on any atom is 0.342 e. The molecule has 0 aromatic carbocycles. The highest BCUT2D eigenvalue weighted by Crippen LogP contribution is 1.66. The molecule has 6 heteroatoms. The van der Waals surface area contributed by atoms with Gasteiger partial charge >= 0.3 is 5.69 Å². The van der Waals surface area contributed by atoms with Gasteiger partial charge in [-0.25, -0.2) is 9.89 Å². The third kappa shape index (κ3) is 1.14. The van der Waals surface area contributed by atoms with Crippen LogP contribution in [0.4, 0.5) is 0 Å². The number of nitrogens with zero attached hydrogens (tertiary/aromatic N) is 1. The van der Waals surface area contributed by atoms with Crippen molar-refractivity contribution in [2.24, 2.45) is 0 Å². The van der Waals surface area contributed by atoms with Crippen LogP contribution in [0, 0.1) is 0 Å². The van der Waals surface area contributed by atoms with Crippen LogP contribution in [-0.4, -0.2) is 15.2 Å². The first-order valence-electron chi connectivity index (χ1n) is 2.06. The average Bonchev–Trinajstić information content (AvgIpc) is 1.80. The number of hydrogen-bond acceptors (Lipinski definition) is 4. The number of aromatic amines is 2. The standard InChI is InChI=1S/C3H3N3O2S/c7-1-2(9)5-6-3(8)4-1/h(H,5,9)(H2,4,6,7,8)/p-1. The van der Waals surface area contributed by atoms with E-state index in [-0.39, 0.29) is 5.03 Å². The van der Waals surface area contributed by atoms with Crippen molar-refractivity contribution in [1.29, 1.82) is 0 Å². The molecule has 9 heavy (non-hydrogen) atoms. The van der Waals surface area contributed by atoms with E-state index in [0.717, 1.165) is 0 Å². The summed E-state index contributed by atoms with van der Waals surface area (Å²) in [5, 5.41) is 5.03. The molecule has 0 amide bonds. The second-order valence-corrected chi connectivity index (χ2v) is 1.70. The van der Waals surface area contributed by atoms with Gasteiger partial charge in [0, 0.05) is 5.03 Å². The van der Waals surface area contributed by atoms with Gasteiger partial charge in [-0.15, -0.1) is 0 Å². The van der Waals surface area contributed by atoms with Gasteiger partial charge < -0.3 is 12.6 Å². The fourth-order valence-corrected chi connectivity index (χ4v) is 0.434. The van der Waals surface area contributed by atoms with E-state index in [0.29, 0.717) is 0 Å². The van der Waals surface area contributed by atoms with Crippen molar-refractivity contribution >= 4 is 12.6 Å². The third-order valence-electron chi connectivity index (χ3n) is 0.680. The molecule has 0 saturated carbocycles. The van der Waals surface area contributed by atoms with Crippen LogP contribution >= 0.6 is 0 Å². The Morgan fingerprint density at radius 1 is 1.44 bits per heavy atom. The van der Waals surface area contributed by atoms with E-state index >= 15 is 0 Å². The molecule has 1 heterocycles. The van der Waals surface area contributed by atoms with Crippen LogP contribution in [-0.2, 0) is 12.6 Å². The number of hydrogen-bond donors (Lipinski definition) is 2. The van der Waals surface area contributed by atoms with E-state index in [1.54, 1.807) is 0 Å². The minimum atomic E-state index is -0.645. The Labute approximate surface area is 54.5 Å². The molecule has 0 aliphatic heterocycles. The lowest BCUT2D eigenvalue weighted by molar-refractivity contribution is 0.809. The van der Waals surface area contributed by atoms with E-state index < -0.39 is 11.2 Å². The fourth-order valence-electron chi connectivity index (χ4n) is 0.337. The summed E-state index contributed by atoms with van der Waals surface area (Å²) >= 11 is 4.39. The molecular formula is C3H2N3O2S-. The second-order valence-electron chi connectivity index (χ2n) is 1.31. The second kappa shape index (κ2) is 1.98. The van der Waals surface area contributed by atoms with Crippen molar-refractivity contribution in [3.8, 4) is 0 Å². The molecule has 0 aliphatic carbocycles. The normalized spacial score (nSPS) is 9.33. The molecule has 0 atom stereocenters. The molecule has 5 nitrogen and oxygen atoms in total. The summed E-state index contributed by atoms with van der Waals surface area (Å²) in [6, 6.07) is 0. The third-order valence-corrected chi connectivity index (χ3v) is 0.957. The van der Waals surface area contributed by atoms with Crippen LogP contribution in [0.2, 0.25) is 0 Å². The van der Waals surface area contributed by atoms with Gasteiger partial charge in [-0.05, 0) is 0 Å². The van der Waals surface area contributed by atoms with E-state index in [2.05, 4.69) is 17.7 Å². The van der Waals surface area contributed by atoms with Crippen LogP contribution in [0.5, 0.6) is 0 Å². The maximum atomic E-state index is 10.4. The van der Waals surface area contributed by atoms with Crippen LogP contribution in [0.15, 0.2) is 14.6 Å². The van der Waals surface area contributed by atoms with Gasteiger partial charge in [0.05, 0.1) is 0 Å². The van der Waals surface area contributed by atoms with Gasteiger partial charge in [-0.1, -0.05) is 0 Å². The van der Waals surface area contributed by atoms with Gasteiger partial charge in [-0.3, -0.25) is 9.78 Å². The van der Waals surface area contributed by atoms with Crippen molar-refractivity contribution in [2.45, 2.75) is 5.03 Å². The summed E-state index contributed by atoms with van der Waals surface area (Å²) in [6.07, 6.45) is 0. The molecule has 2 N–H and O–H groups in total. The molecule has 0 aliphatic rings. The first kappa shape index (κ1) is 5.96. The number of H-pyrrole nitrogens is 2. The molecule has 1 rings (SSSR count). The zero-order valence-electron chi connectivity index (χ0n) is 4.17. The van der Waals surface area contributed by atoms with Crippen LogP contribution in [0.3, 0.4) is 0 Å². The Morgan fingerprint density at radius 2 is 2.11 bits per heavy atom. The Hall–Kier alpha value is -1.17. The molecule has 1 aromatic rings.